The fourth-order valence-electron chi connectivity index (χ4n) is 7.76. The molecule has 0 heterocycles. The highest BCUT2D eigenvalue weighted by Crippen LogP contribution is 2.17. The standard InChI is InChI=1S/C52H100O6/c1-46(2)38-32-26-20-14-11-9-7-8-10-12-16-23-29-35-41-50(53)56-44-49(45-57-51(54)42-36-30-24-19-18-22-28-34-40-48(5)6)58-52(55)43-37-31-25-17-13-15-21-27-33-39-47(3)4/h46-49H,7-45H2,1-6H3/t49-/m1/s1. The summed E-state index contributed by atoms with van der Waals surface area (Å²) in [6.07, 6.45) is 42.4. The molecule has 58 heavy (non-hydrogen) atoms. The van der Waals surface area contributed by atoms with Crippen LogP contribution >= 0.6 is 0 Å². The van der Waals surface area contributed by atoms with Crippen molar-refractivity contribution in [1.82, 2.24) is 0 Å². The van der Waals surface area contributed by atoms with Gasteiger partial charge in [-0.3, -0.25) is 14.4 Å². The van der Waals surface area contributed by atoms with Crippen molar-refractivity contribution < 1.29 is 28.6 Å². The fourth-order valence-corrected chi connectivity index (χ4v) is 7.76. The van der Waals surface area contributed by atoms with Gasteiger partial charge in [0.1, 0.15) is 13.2 Å². The first-order valence-electron chi connectivity index (χ1n) is 25.6. The maximum absolute atomic E-state index is 12.8. The van der Waals surface area contributed by atoms with Crippen LogP contribution in [0.2, 0.25) is 0 Å². The van der Waals surface area contributed by atoms with Gasteiger partial charge in [0, 0.05) is 19.3 Å². The van der Waals surface area contributed by atoms with Crippen molar-refractivity contribution in [3.05, 3.63) is 0 Å². The molecule has 344 valence electrons. The number of unbranched alkanes of at least 4 members (excludes halogenated alkanes) is 28. The van der Waals surface area contributed by atoms with Gasteiger partial charge >= 0.3 is 17.9 Å². The SMILES string of the molecule is CC(C)CCCCCCCCCCCCCCCCC(=O)OC[C@H](COC(=O)CCCCCCCCCCC(C)C)OC(=O)CCCCCCCCCCCC(C)C. The first kappa shape index (κ1) is 56.4. The Morgan fingerprint density at radius 3 is 0.741 bits per heavy atom. The Bertz CT molecular complexity index is 898. The van der Waals surface area contributed by atoms with Gasteiger partial charge in [-0.05, 0) is 37.0 Å². The Morgan fingerprint density at radius 1 is 0.293 bits per heavy atom. The van der Waals surface area contributed by atoms with Crippen LogP contribution in [0, 0.1) is 17.8 Å². The topological polar surface area (TPSA) is 78.9 Å². The highest BCUT2D eigenvalue weighted by atomic mass is 16.6. The van der Waals surface area contributed by atoms with Crippen molar-refractivity contribution in [2.75, 3.05) is 13.2 Å². The second kappa shape index (κ2) is 43.5. The summed E-state index contributed by atoms with van der Waals surface area (Å²) in [6, 6.07) is 0. The molecule has 0 fully saturated rings. The van der Waals surface area contributed by atoms with Gasteiger partial charge in [-0.15, -0.1) is 0 Å². The van der Waals surface area contributed by atoms with Crippen molar-refractivity contribution in [3.8, 4) is 0 Å². The number of ether oxygens (including phenoxy) is 3. The zero-order chi connectivity index (χ0) is 42.7. The minimum atomic E-state index is -0.762. The normalized spacial score (nSPS) is 12.2. The molecule has 0 aromatic heterocycles. The molecule has 0 unspecified atom stereocenters. The van der Waals surface area contributed by atoms with E-state index in [1.54, 1.807) is 0 Å². The van der Waals surface area contributed by atoms with Crippen molar-refractivity contribution >= 4 is 17.9 Å². The molecule has 0 bridgehead atoms. The Balaban J connectivity index is 4.28. The zero-order valence-corrected chi connectivity index (χ0v) is 39.8. The molecule has 0 spiro atoms. The lowest BCUT2D eigenvalue weighted by molar-refractivity contribution is -0.167. The van der Waals surface area contributed by atoms with Crippen LogP contribution in [0.25, 0.3) is 0 Å². The fraction of sp³-hybridized carbons (Fsp3) is 0.942. The maximum atomic E-state index is 12.8. The summed E-state index contributed by atoms with van der Waals surface area (Å²) in [5, 5.41) is 0. The van der Waals surface area contributed by atoms with Gasteiger partial charge in [-0.2, -0.15) is 0 Å². The van der Waals surface area contributed by atoms with Crippen LogP contribution in [0.1, 0.15) is 279 Å². The summed E-state index contributed by atoms with van der Waals surface area (Å²) in [7, 11) is 0. The van der Waals surface area contributed by atoms with Crippen LogP contribution in [0.5, 0.6) is 0 Å². The van der Waals surface area contributed by atoms with Crippen LogP contribution in [0.15, 0.2) is 0 Å². The van der Waals surface area contributed by atoms with Gasteiger partial charge in [-0.1, -0.05) is 241 Å². The van der Waals surface area contributed by atoms with Crippen molar-refractivity contribution in [1.29, 1.82) is 0 Å². The van der Waals surface area contributed by atoms with Gasteiger partial charge in [0.05, 0.1) is 0 Å². The second-order valence-corrected chi connectivity index (χ2v) is 19.2. The van der Waals surface area contributed by atoms with Gasteiger partial charge in [-0.25, -0.2) is 0 Å². The van der Waals surface area contributed by atoms with E-state index in [0.29, 0.717) is 19.3 Å². The number of esters is 3. The summed E-state index contributed by atoms with van der Waals surface area (Å²) < 4.78 is 16.8. The van der Waals surface area contributed by atoms with Gasteiger partial charge in [0.15, 0.2) is 6.10 Å². The van der Waals surface area contributed by atoms with Gasteiger partial charge in [0.2, 0.25) is 0 Å². The van der Waals surface area contributed by atoms with Crippen LogP contribution in [-0.2, 0) is 28.6 Å². The number of hydrogen-bond acceptors (Lipinski definition) is 6. The van der Waals surface area contributed by atoms with Crippen LogP contribution in [0.3, 0.4) is 0 Å². The van der Waals surface area contributed by atoms with Crippen LogP contribution in [-0.4, -0.2) is 37.2 Å². The third-order valence-corrected chi connectivity index (χ3v) is 11.6. The lowest BCUT2D eigenvalue weighted by Gasteiger charge is -2.18. The molecular weight excluding hydrogens is 721 g/mol. The van der Waals surface area contributed by atoms with E-state index in [1.807, 2.05) is 0 Å². The minimum Gasteiger partial charge on any atom is -0.462 e. The molecule has 0 saturated carbocycles. The predicted molar refractivity (Wildman–Crippen MR) is 247 cm³/mol. The minimum absolute atomic E-state index is 0.0652. The van der Waals surface area contributed by atoms with E-state index in [0.717, 1.165) is 75.5 Å². The highest BCUT2D eigenvalue weighted by Gasteiger charge is 2.19. The lowest BCUT2D eigenvalue weighted by atomic mass is 10.0. The quantitative estimate of drug-likeness (QED) is 0.0346. The summed E-state index contributed by atoms with van der Waals surface area (Å²) >= 11 is 0. The monoisotopic (exact) mass is 821 g/mol. The van der Waals surface area contributed by atoms with Crippen molar-refractivity contribution in [3.63, 3.8) is 0 Å². The van der Waals surface area contributed by atoms with E-state index in [-0.39, 0.29) is 31.1 Å². The molecule has 6 nitrogen and oxygen atoms in total. The van der Waals surface area contributed by atoms with E-state index in [2.05, 4.69) is 41.5 Å². The van der Waals surface area contributed by atoms with E-state index in [4.69, 9.17) is 14.2 Å². The summed E-state index contributed by atoms with van der Waals surface area (Å²) in [4.78, 5) is 37.9. The molecule has 0 radical (unpaired) electrons. The molecule has 6 heteroatoms. The summed E-state index contributed by atoms with van der Waals surface area (Å²) in [5.41, 5.74) is 0. The van der Waals surface area contributed by atoms with E-state index in [9.17, 15) is 14.4 Å². The van der Waals surface area contributed by atoms with Crippen molar-refractivity contribution in [2.45, 2.75) is 285 Å². The lowest BCUT2D eigenvalue weighted by Crippen LogP contribution is -2.30. The Kier molecular flexibility index (Phi) is 42.3. The third-order valence-electron chi connectivity index (χ3n) is 11.6. The first-order chi connectivity index (χ1) is 28.1. The average Bonchev–Trinajstić information content (AvgIpc) is 3.18. The average molecular weight is 821 g/mol. The molecule has 0 rings (SSSR count). The molecule has 1 atom stereocenters. The van der Waals surface area contributed by atoms with E-state index < -0.39 is 6.10 Å². The maximum Gasteiger partial charge on any atom is 0.306 e. The Morgan fingerprint density at radius 2 is 0.500 bits per heavy atom. The van der Waals surface area contributed by atoms with E-state index in [1.165, 1.54) is 161 Å². The molecule has 0 aliphatic heterocycles. The first-order valence-corrected chi connectivity index (χ1v) is 25.6. The molecule has 0 aliphatic rings. The molecule has 0 N–H and O–H groups in total. The zero-order valence-electron chi connectivity index (χ0n) is 39.8. The number of hydrogen-bond donors (Lipinski definition) is 0. The van der Waals surface area contributed by atoms with Crippen molar-refractivity contribution in [2.24, 2.45) is 17.8 Å². The Labute approximate surface area is 361 Å². The highest BCUT2D eigenvalue weighted by molar-refractivity contribution is 5.71. The molecule has 0 amide bonds. The molecule has 0 aromatic rings. The Hall–Kier alpha value is -1.59. The molecule has 0 saturated heterocycles. The van der Waals surface area contributed by atoms with Gasteiger partial charge in [0.25, 0.3) is 0 Å². The third kappa shape index (κ3) is 45.5. The van der Waals surface area contributed by atoms with Gasteiger partial charge < -0.3 is 14.2 Å². The van der Waals surface area contributed by atoms with Crippen LogP contribution < -0.4 is 0 Å². The molecule has 0 aromatic carbocycles. The number of carbonyl (C=O) groups excluding carboxylic acids is 3. The summed E-state index contributed by atoms with van der Waals surface area (Å²) in [5.74, 6) is 1.59. The van der Waals surface area contributed by atoms with Crippen LogP contribution in [0.4, 0.5) is 0 Å². The predicted octanol–water partition coefficient (Wildman–Crippen LogP) is 16.4. The number of carbonyl (C=O) groups is 3. The molecule has 0 aliphatic carbocycles. The van der Waals surface area contributed by atoms with E-state index >= 15 is 0 Å². The smallest absolute Gasteiger partial charge is 0.306 e. The largest absolute Gasteiger partial charge is 0.462 e. The summed E-state index contributed by atoms with van der Waals surface area (Å²) in [6.45, 7) is 13.7. The molecular formula is C52H100O6. The second-order valence-electron chi connectivity index (χ2n) is 19.2. The number of rotatable bonds is 45.